The number of pyridine rings is 1. The lowest BCUT2D eigenvalue weighted by molar-refractivity contribution is 0.146. The summed E-state index contributed by atoms with van der Waals surface area (Å²) in [6, 6.07) is 5.18. The first kappa shape index (κ1) is 20.0. The van der Waals surface area contributed by atoms with E-state index in [1.165, 1.54) is 23.0 Å². The van der Waals surface area contributed by atoms with E-state index < -0.39 is 23.8 Å². The largest absolute Gasteiger partial charge is 0.363 e. The molecule has 1 aliphatic carbocycles. The van der Waals surface area contributed by atoms with Crippen LogP contribution in [-0.2, 0) is 12.5 Å². The van der Waals surface area contributed by atoms with Crippen LogP contribution in [0.4, 0.5) is 19.0 Å². The van der Waals surface area contributed by atoms with E-state index in [9.17, 15) is 18.0 Å². The average molecular weight is 429 g/mol. The topological polar surface area (TPSA) is 71.8 Å². The van der Waals surface area contributed by atoms with Crippen LogP contribution in [0.1, 0.15) is 42.5 Å². The quantitative estimate of drug-likeness (QED) is 0.650. The number of halogens is 3. The number of piperidine rings is 1. The first-order chi connectivity index (χ1) is 14.8. The van der Waals surface area contributed by atoms with Crippen molar-refractivity contribution in [2.24, 2.45) is 13.0 Å². The van der Waals surface area contributed by atoms with Gasteiger partial charge in [-0.3, -0.25) is 9.36 Å². The molecule has 2 aliphatic rings. The van der Waals surface area contributed by atoms with Crippen molar-refractivity contribution < 1.29 is 13.2 Å². The van der Waals surface area contributed by atoms with Crippen LogP contribution < -0.4 is 16.2 Å². The normalized spacial score (nSPS) is 23.2. The average Bonchev–Trinajstić information content (AvgIpc) is 3.30. The predicted octanol–water partition coefficient (Wildman–Crippen LogP) is 3.44. The molecule has 5 rings (SSSR count). The summed E-state index contributed by atoms with van der Waals surface area (Å²) < 4.78 is 42.3. The van der Waals surface area contributed by atoms with Gasteiger partial charge >= 0.3 is 0 Å². The number of hydrogen-bond acceptors (Lipinski definition) is 5. The predicted molar refractivity (Wildman–Crippen MR) is 111 cm³/mol. The number of aromatic nitrogens is 3. The highest BCUT2D eigenvalue weighted by Crippen LogP contribution is 2.55. The first-order valence-electron chi connectivity index (χ1n) is 10.2. The van der Waals surface area contributed by atoms with Crippen molar-refractivity contribution in [1.82, 2.24) is 19.9 Å². The Morgan fingerprint density at radius 2 is 2.06 bits per heavy atom. The molecule has 6 nitrogen and oxygen atoms in total. The van der Waals surface area contributed by atoms with Crippen molar-refractivity contribution in [1.29, 1.82) is 0 Å². The summed E-state index contributed by atoms with van der Waals surface area (Å²) in [5.41, 5.74) is 0.451. The van der Waals surface area contributed by atoms with E-state index in [0.717, 1.165) is 31.1 Å². The first-order valence-corrected chi connectivity index (χ1v) is 10.2. The Bertz CT molecular complexity index is 1240. The number of rotatable bonds is 5. The lowest BCUT2D eigenvalue weighted by atomic mass is 9.95. The van der Waals surface area contributed by atoms with Crippen LogP contribution in [-0.4, -0.2) is 27.6 Å². The summed E-state index contributed by atoms with van der Waals surface area (Å²) in [7, 11) is 1.68. The van der Waals surface area contributed by atoms with Gasteiger partial charge in [0.25, 0.3) is 12.0 Å². The fourth-order valence-corrected chi connectivity index (χ4v) is 4.85. The molecule has 31 heavy (non-hydrogen) atoms. The smallest absolute Gasteiger partial charge is 0.266 e. The molecule has 162 valence electrons. The Morgan fingerprint density at radius 3 is 2.74 bits per heavy atom. The summed E-state index contributed by atoms with van der Waals surface area (Å²) in [5.74, 6) is -0.0553. The van der Waals surface area contributed by atoms with E-state index in [2.05, 4.69) is 20.6 Å². The maximum atomic E-state index is 14.6. The van der Waals surface area contributed by atoms with Crippen molar-refractivity contribution in [3.63, 3.8) is 0 Å². The second kappa shape index (κ2) is 7.05. The zero-order chi connectivity index (χ0) is 21.9. The van der Waals surface area contributed by atoms with Gasteiger partial charge in [0.2, 0.25) is 0 Å². The fourth-order valence-electron chi connectivity index (χ4n) is 4.85. The second-order valence-electron chi connectivity index (χ2n) is 8.49. The van der Waals surface area contributed by atoms with Gasteiger partial charge in [-0.25, -0.2) is 23.1 Å². The summed E-state index contributed by atoms with van der Waals surface area (Å²) in [6.07, 6.45) is -0.591. The Labute approximate surface area is 176 Å². The highest BCUT2D eigenvalue weighted by Gasteiger charge is 2.59. The van der Waals surface area contributed by atoms with Crippen LogP contribution in [0.25, 0.3) is 11.0 Å². The number of benzene rings is 1. The molecule has 2 fully saturated rings. The SMILES string of the molecule is C[C@@H](Nc1ncnc2c1cc(C13CNCC1C3)c(=O)n2C)c1cccc(C(F)F)c1F. The number of fused-ring (bicyclic) bond motifs is 2. The zero-order valence-electron chi connectivity index (χ0n) is 17.1. The van der Waals surface area contributed by atoms with Gasteiger partial charge in [0.1, 0.15) is 23.6 Å². The third-order valence-electron chi connectivity index (χ3n) is 6.72. The zero-order valence-corrected chi connectivity index (χ0v) is 17.1. The second-order valence-corrected chi connectivity index (χ2v) is 8.49. The molecule has 0 radical (unpaired) electrons. The minimum absolute atomic E-state index is 0.0768. The Hall–Kier alpha value is -2.94. The van der Waals surface area contributed by atoms with Crippen LogP contribution >= 0.6 is 0 Å². The summed E-state index contributed by atoms with van der Waals surface area (Å²) in [4.78, 5) is 21.6. The molecule has 0 bridgehead atoms. The molecule has 3 heterocycles. The van der Waals surface area contributed by atoms with Crippen LogP contribution in [0, 0.1) is 11.7 Å². The number of hydrogen-bond donors (Lipinski definition) is 2. The number of aryl methyl sites for hydroxylation is 1. The Kier molecular flexibility index (Phi) is 4.55. The highest BCUT2D eigenvalue weighted by atomic mass is 19.3. The lowest BCUT2D eigenvalue weighted by Crippen LogP contribution is -2.30. The maximum absolute atomic E-state index is 14.6. The molecule has 1 saturated heterocycles. The molecule has 1 aliphatic heterocycles. The number of nitrogens with zero attached hydrogens (tertiary/aromatic N) is 3. The third-order valence-corrected chi connectivity index (χ3v) is 6.72. The standard InChI is InChI=1S/C22H22F3N5O/c1-11(13-4-3-5-14(17(13)23)18(24)25)29-19-15-6-16(22-7-12(22)8-26-9-22)21(31)30(2)20(15)28-10-27-19/h3-6,10-12,18,26H,7-9H2,1-2H3,(H,27,28,29)/t11-,12?,22?/m1/s1. The molecule has 2 aromatic heterocycles. The molecule has 2 unspecified atom stereocenters. The summed E-state index contributed by atoms with van der Waals surface area (Å²) in [6.45, 7) is 3.34. The molecule has 2 N–H and O–H groups in total. The molecular formula is C22H22F3N5O. The van der Waals surface area contributed by atoms with Gasteiger partial charge in [-0.15, -0.1) is 0 Å². The van der Waals surface area contributed by atoms with E-state index in [1.807, 2.05) is 6.07 Å². The van der Waals surface area contributed by atoms with Gasteiger partial charge in [0.15, 0.2) is 0 Å². The third kappa shape index (κ3) is 3.02. The van der Waals surface area contributed by atoms with E-state index in [4.69, 9.17) is 0 Å². The van der Waals surface area contributed by atoms with Crippen LogP contribution in [0.5, 0.6) is 0 Å². The van der Waals surface area contributed by atoms with Crippen molar-refractivity contribution in [3.05, 3.63) is 63.5 Å². The minimum Gasteiger partial charge on any atom is -0.363 e. The molecule has 1 saturated carbocycles. The number of anilines is 1. The lowest BCUT2D eigenvalue weighted by Gasteiger charge is -2.20. The van der Waals surface area contributed by atoms with Crippen molar-refractivity contribution in [3.8, 4) is 0 Å². The van der Waals surface area contributed by atoms with Crippen LogP contribution in [0.2, 0.25) is 0 Å². The minimum atomic E-state index is -2.89. The van der Waals surface area contributed by atoms with E-state index in [1.54, 1.807) is 14.0 Å². The van der Waals surface area contributed by atoms with Crippen molar-refractivity contribution in [2.45, 2.75) is 31.2 Å². The van der Waals surface area contributed by atoms with Crippen molar-refractivity contribution in [2.75, 3.05) is 18.4 Å². The molecule has 9 heteroatoms. The fraction of sp³-hybridized carbons (Fsp3) is 0.409. The molecule has 0 amide bonds. The van der Waals surface area contributed by atoms with Gasteiger partial charge in [-0.05, 0) is 31.9 Å². The van der Waals surface area contributed by atoms with Crippen LogP contribution in [0.3, 0.4) is 0 Å². The van der Waals surface area contributed by atoms with E-state index >= 15 is 0 Å². The Balaban J connectivity index is 1.58. The van der Waals surface area contributed by atoms with E-state index in [0.29, 0.717) is 22.8 Å². The number of alkyl halides is 2. The van der Waals surface area contributed by atoms with E-state index in [-0.39, 0.29) is 16.5 Å². The van der Waals surface area contributed by atoms with Gasteiger partial charge < -0.3 is 10.6 Å². The molecule has 3 aromatic rings. The number of nitrogens with one attached hydrogen (secondary N) is 2. The highest BCUT2D eigenvalue weighted by molar-refractivity contribution is 5.87. The Morgan fingerprint density at radius 1 is 1.29 bits per heavy atom. The van der Waals surface area contributed by atoms with Crippen molar-refractivity contribution >= 4 is 16.9 Å². The maximum Gasteiger partial charge on any atom is 0.266 e. The molecule has 3 atom stereocenters. The van der Waals surface area contributed by atoms with Crippen LogP contribution in [0.15, 0.2) is 35.4 Å². The van der Waals surface area contributed by atoms with Gasteiger partial charge in [0.05, 0.1) is 17.0 Å². The summed E-state index contributed by atoms with van der Waals surface area (Å²) in [5, 5.41) is 7.12. The monoisotopic (exact) mass is 429 g/mol. The van der Waals surface area contributed by atoms with Gasteiger partial charge in [-0.1, -0.05) is 18.2 Å². The molecular weight excluding hydrogens is 407 g/mol. The summed E-state index contributed by atoms with van der Waals surface area (Å²) >= 11 is 0. The van der Waals surface area contributed by atoms with Gasteiger partial charge in [-0.2, -0.15) is 0 Å². The van der Waals surface area contributed by atoms with Gasteiger partial charge in [0, 0.05) is 30.1 Å². The molecule has 0 spiro atoms. The molecule has 1 aromatic carbocycles.